The van der Waals surface area contributed by atoms with Crippen LogP contribution in [0.15, 0.2) is 10.3 Å². The van der Waals surface area contributed by atoms with Gasteiger partial charge in [-0.15, -0.1) is 11.3 Å². The molecule has 114 valence electrons. The molecule has 1 aliphatic heterocycles. The molecule has 0 saturated carbocycles. The van der Waals surface area contributed by atoms with Crippen molar-refractivity contribution in [3.8, 4) is 0 Å². The molecule has 0 bridgehead atoms. The Morgan fingerprint density at radius 1 is 1.45 bits per heavy atom. The normalized spacial score (nSPS) is 18.6. The van der Waals surface area contributed by atoms with Crippen LogP contribution in [0.2, 0.25) is 0 Å². The van der Waals surface area contributed by atoms with E-state index in [9.17, 15) is 8.42 Å². The summed E-state index contributed by atoms with van der Waals surface area (Å²) < 4.78 is 27.6. The predicted octanol–water partition coefficient (Wildman–Crippen LogP) is 1.28. The Labute approximate surface area is 125 Å². The van der Waals surface area contributed by atoms with E-state index in [0.29, 0.717) is 17.3 Å². The molecule has 0 spiro atoms. The summed E-state index contributed by atoms with van der Waals surface area (Å²) in [5, 5.41) is 0. The molecule has 0 amide bonds. The van der Waals surface area contributed by atoms with Crippen LogP contribution < -0.4 is 10.5 Å². The number of nitrogens with one attached hydrogen (secondary N) is 1. The molecular weight excluding hydrogens is 294 g/mol. The van der Waals surface area contributed by atoms with E-state index in [4.69, 9.17) is 5.73 Å². The van der Waals surface area contributed by atoms with Gasteiger partial charge in [0, 0.05) is 24.0 Å². The molecule has 2 heterocycles. The smallest absolute Gasteiger partial charge is 0.250 e. The minimum Gasteiger partial charge on any atom is -0.326 e. The van der Waals surface area contributed by atoms with Crippen LogP contribution in [0.3, 0.4) is 0 Å². The van der Waals surface area contributed by atoms with Crippen LogP contribution in [0.25, 0.3) is 0 Å². The quantitative estimate of drug-likeness (QED) is 0.829. The molecule has 2 rings (SSSR count). The Kier molecular flexibility index (Phi) is 5.19. The molecule has 0 aliphatic carbocycles. The molecule has 1 aliphatic rings. The van der Waals surface area contributed by atoms with E-state index in [1.54, 1.807) is 6.07 Å². The first-order valence-electron chi connectivity index (χ1n) is 6.97. The largest absolute Gasteiger partial charge is 0.326 e. The fraction of sp³-hybridized carbons (Fsp3) is 0.692. The maximum absolute atomic E-state index is 12.3. The van der Waals surface area contributed by atoms with E-state index in [0.717, 1.165) is 23.5 Å². The maximum Gasteiger partial charge on any atom is 0.250 e. The Morgan fingerprint density at radius 3 is 2.65 bits per heavy atom. The molecule has 7 heteroatoms. The van der Waals surface area contributed by atoms with Crippen LogP contribution in [0.4, 0.5) is 0 Å². The molecule has 1 atom stereocenters. The highest BCUT2D eigenvalue weighted by atomic mass is 32.2. The molecule has 1 saturated heterocycles. The van der Waals surface area contributed by atoms with Gasteiger partial charge < -0.3 is 5.73 Å². The lowest BCUT2D eigenvalue weighted by Crippen LogP contribution is -2.40. The summed E-state index contributed by atoms with van der Waals surface area (Å²) in [5.74, 6) is 0. The van der Waals surface area contributed by atoms with Gasteiger partial charge in [0.2, 0.25) is 10.0 Å². The minimum absolute atomic E-state index is 0.238. The first-order chi connectivity index (χ1) is 9.44. The summed E-state index contributed by atoms with van der Waals surface area (Å²) in [4.78, 5) is 3.26. The second-order valence-electron chi connectivity index (χ2n) is 5.32. The van der Waals surface area contributed by atoms with Crippen molar-refractivity contribution in [1.29, 1.82) is 0 Å². The second-order valence-corrected chi connectivity index (χ2v) is 8.45. The van der Waals surface area contributed by atoms with E-state index < -0.39 is 10.0 Å². The summed E-state index contributed by atoms with van der Waals surface area (Å²) in [6, 6.07) is 1.94. The highest BCUT2D eigenvalue weighted by Gasteiger charge is 2.22. The minimum atomic E-state index is -3.41. The number of sulfonamides is 1. The monoisotopic (exact) mass is 317 g/mol. The third-order valence-corrected chi connectivity index (χ3v) is 6.94. The lowest BCUT2D eigenvalue weighted by atomic mass is 10.3. The van der Waals surface area contributed by atoms with E-state index >= 15 is 0 Å². The average Bonchev–Trinajstić information content (AvgIpc) is 3.05. The zero-order valence-electron chi connectivity index (χ0n) is 12.1. The fourth-order valence-electron chi connectivity index (χ4n) is 2.44. The topological polar surface area (TPSA) is 75.4 Å². The number of nitrogens with zero attached hydrogens (tertiary/aromatic N) is 1. The number of rotatable bonds is 6. The lowest BCUT2D eigenvalue weighted by Gasteiger charge is -2.23. The van der Waals surface area contributed by atoms with Crippen molar-refractivity contribution >= 4 is 21.4 Å². The van der Waals surface area contributed by atoms with Crippen molar-refractivity contribution in [2.24, 2.45) is 5.73 Å². The molecular formula is C13H23N3O2S2. The lowest BCUT2D eigenvalue weighted by molar-refractivity contribution is 0.260. The molecule has 1 aromatic rings. The van der Waals surface area contributed by atoms with Crippen LogP contribution in [-0.4, -0.2) is 39.0 Å². The zero-order valence-corrected chi connectivity index (χ0v) is 13.7. The van der Waals surface area contributed by atoms with Gasteiger partial charge in [-0.25, -0.2) is 13.1 Å². The summed E-state index contributed by atoms with van der Waals surface area (Å²) >= 11 is 1.26. The third kappa shape index (κ3) is 3.59. The van der Waals surface area contributed by atoms with Gasteiger partial charge >= 0.3 is 0 Å². The Morgan fingerprint density at radius 2 is 2.10 bits per heavy atom. The van der Waals surface area contributed by atoms with Gasteiger partial charge in [-0.3, -0.25) is 4.90 Å². The summed E-state index contributed by atoms with van der Waals surface area (Å²) in [7, 11) is -3.41. The first kappa shape index (κ1) is 15.9. The average molecular weight is 317 g/mol. The summed E-state index contributed by atoms with van der Waals surface area (Å²) in [6.45, 7) is 6.94. The van der Waals surface area contributed by atoms with Gasteiger partial charge in [0.1, 0.15) is 4.21 Å². The fourth-order valence-corrected chi connectivity index (χ4v) is 5.07. The van der Waals surface area contributed by atoms with Crippen LogP contribution >= 0.6 is 11.3 Å². The Hall–Kier alpha value is -0.470. The van der Waals surface area contributed by atoms with Gasteiger partial charge in [0.15, 0.2) is 0 Å². The standard InChI is InChI=1S/C13H23N3O2S2/c1-10-7-13(19-12(10)8-14)20(17,18)15-9-11(2)16-5-3-4-6-16/h7,11,15H,3-6,8-9,14H2,1-2H3. The van der Waals surface area contributed by atoms with Gasteiger partial charge in [-0.1, -0.05) is 0 Å². The van der Waals surface area contributed by atoms with Crippen molar-refractivity contribution in [3.05, 3.63) is 16.5 Å². The Bertz CT molecular complexity index is 548. The molecule has 0 radical (unpaired) electrons. The van der Waals surface area contributed by atoms with Gasteiger partial charge in [0.25, 0.3) is 0 Å². The molecule has 1 fully saturated rings. The summed E-state index contributed by atoms with van der Waals surface area (Å²) in [5.41, 5.74) is 6.55. The molecule has 0 aromatic carbocycles. The van der Waals surface area contributed by atoms with Gasteiger partial charge in [0.05, 0.1) is 0 Å². The number of hydrogen-bond donors (Lipinski definition) is 2. The highest BCUT2D eigenvalue weighted by Crippen LogP contribution is 2.25. The van der Waals surface area contributed by atoms with E-state index in [2.05, 4.69) is 16.5 Å². The molecule has 20 heavy (non-hydrogen) atoms. The molecule has 3 N–H and O–H groups in total. The third-order valence-electron chi connectivity index (χ3n) is 3.78. The van der Waals surface area contributed by atoms with E-state index in [1.165, 1.54) is 24.2 Å². The number of aryl methyl sites for hydroxylation is 1. The maximum atomic E-state index is 12.3. The van der Waals surface area contributed by atoms with Crippen LogP contribution in [0.1, 0.15) is 30.2 Å². The number of thiophene rings is 1. The van der Waals surface area contributed by atoms with Crippen LogP contribution in [0.5, 0.6) is 0 Å². The van der Waals surface area contributed by atoms with E-state index in [-0.39, 0.29) is 6.04 Å². The number of nitrogens with two attached hydrogens (primary N) is 1. The Balaban J connectivity index is 1.99. The first-order valence-corrected chi connectivity index (χ1v) is 9.27. The molecule has 1 unspecified atom stereocenters. The zero-order chi connectivity index (χ0) is 14.8. The van der Waals surface area contributed by atoms with Crippen molar-refractivity contribution in [3.63, 3.8) is 0 Å². The second kappa shape index (κ2) is 6.53. The molecule has 5 nitrogen and oxygen atoms in total. The SMILES string of the molecule is Cc1cc(S(=O)(=O)NCC(C)N2CCCC2)sc1CN. The predicted molar refractivity (Wildman–Crippen MR) is 82.4 cm³/mol. The van der Waals surface area contributed by atoms with E-state index in [1.807, 2.05) is 6.92 Å². The number of likely N-dealkylation sites (tertiary alicyclic amines) is 1. The van der Waals surface area contributed by atoms with Crippen molar-refractivity contribution in [1.82, 2.24) is 9.62 Å². The van der Waals surface area contributed by atoms with Crippen LogP contribution in [-0.2, 0) is 16.6 Å². The van der Waals surface area contributed by atoms with Crippen LogP contribution in [0, 0.1) is 6.92 Å². The highest BCUT2D eigenvalue weighted by molar-refractivity contribution is 7.91. The summed E-state index contributed by atoms with van der Waals surface area (Å²) in [6.07, 6.45) is 2.42. The molecule has 1 aromatic heterocycles. The van der Waals surface area contributed by atoms with Gasteiger partial charge in [-0.2, -0.15) is 0 Å². The van der Waals surface area contributed by atoms with Crippen molar-refractivity contribution < 1.29 is 8.42 Å². The van der Waals surface area contributed by atoms with Gasteiger partial charge in [-0.05, 0) is 51.4 Å². The van der Waals surface area contributed by atoms with Crippen molar-refractivity contribution in [2.75, 3.05) is 19.6 Å². The van der Waals surface area contributed by atoms with Crippen molar-refractivity contribution in [2.45, 2.75) is 43.5 Å². The number of hydrogen-bond acceptors (Lipinski definition) is 5.